The summed E-state index contributed by atoms with van der Waals surface area (Å²) in [5.41, 5.74) is 1.20. The van der Waals surface area contributed by atoms with Crippen LogP contribution in [0.1, 0.15) is 6.42 Å². The van der Waals surface area contributed by atoms with Crippen LogP contribution in [-0.2, 0) is 0 Å². The van der Waals surface area contributed by atoms with Crippen LogP contribution in [0.25, 0.3) is 11.0 Å². The van der Waals surface area contributed by atoms with Gasteiger partial charge in [0.25, 0.3) is 0 Å². The molecule has 0 aliphatic carbocycles. The Labute approximate surface area is 118 Å². The Kier molecular flexibility index (Phi) is 3.13. The highest BCUT2D eigenvalue weighted by atomic mass is 32.1. The van der Waals surface area contributed by atoms with E-state index < -0.39 is 4.92 Å². The third kappa shape index (κ3) is 2.02. The summed E-state index contributed by atoms with van der Waals surface area (Å²) in [6, 6.07) is 3.17. The van der Waals surface area contributed by atoms with Crippen molar-refractivity contribution in [1.29, 1.82) is 0 Å². The number of nitro groups is 1. The van der Waals surface area contributed by atoms with Crippen LogP contribution in [0.15, 0.2) is 21.8 Å². The molecule has 0 radical (unpaired) electrons. The first-order valence-electron chi connectivity index (χ1n) is 5.92. The van der Waals surface area contributed by atoms with Gasteiger partial charge in [-0.05, 0) is 35.0 Å². The number of hydrogen-bond donors (Lipinski definition) is 0. The number of rotatable bonds is 3. The van der Waals surface area contributed by atoms with Crippen LogP contribution in [-0.4, -0.2) is 39.5 Å². The molecule has 102 valence electrons. The van der Waals surface area contributed by atoms with Gasteiger partial charge in [0.2, 0.25) is 5.52 Å². The molecule has 8 nitrogen and oxygen atoms in total. The zero-order valence-corrected chi connectivity index (χ0v) is 11.0. The van der Waals surface area contributed by atoms with Crippen molar-refractivity contribution < 1.29 is 9.55 Å². The van der Waals surface area contributed by atoms with Crippen LogP contribution >= 0.6 is 12.2 Å². The highest BCUT2D eigenvalue weighted by Crippen LogP contribution is 2.33. The van der Waals surface area contributed by atoms with Crippen molar-refractivity contribution in [2.75, 3.05) is 18.0 Å². The molecule has 9 heteroatoms. The number of aromatic nitrogens is 2. The van der Waals surface area contributed by atoms with E-state index in [1.54, 1.807) is 6.07 Å². The topological polar surface area (TPSA) is 97.7 Å². The number of fused-ring (bicyclic) bond motifs is 1. The van der Waals surface area contributed by atoms with Gasteiger partial charge in [-0.25, -0.2) is 9.62 Å². The molecule has 1 fully saturated rings. The smallest absolute Gasteiger partial charge is 0.300 e. The normalized spacial score (nSPS) is 18.2. The van der Waals surface area contributed by atoms with E-state index in [4.69, 9.17) is 0 Å². The van der Waals surface area contributed by atoms with Crippen molar-refractivity contribution in [3.05, 3.63) is 22.2 Å². The summed E-state index contributed by atoms with van der Waals surface area (Å²) in [5, 5.41) is 20.7. The number of nitrogens with zero attached hydrogens (tertiary/aromatic N) is 5. The van der Waals surface area contributed by atoms with Crippen molar-refractivity contribution in [2.45, 2.75) is 12.5 Å². The predicted molar refractivity (Wildman–Crippen MR) is 74.1 cm³/mol. The summed E-state index contributed by atoms with van der Waals surface area (Å²) < 4.78 is 4.65. The Hall–Kier alpha value is -2.38. The van der Waals surface area contributed by atoms with E-state index in [1.807, 2.05) is 4.90 Å². The van der Waals surface area contributed by atoms with Crippen LogP contribution in [0, 0.1) is 10.1 Å². The van der Waals surface area contributed by atoms with Crippen LogP contribution < -0.4 is 4.90 Å². The molecule has 1 atom stereocenters. The van der Waals surface area contributed by atoms with E-state index in [0.717, 1.165) is 18.7 Å². The van der Waals surface area contributed by atoms with Crippen molar-refractivity contribution in [3.63, 3.8) is 0 Å². The number of benzene rings is 1. The first-order valence-corrected chi connectivity index (χ1v) is 6.33. The summed E-state index contributed by atoms with van der Waals surface area (Å²) in [7, 11) is 0. The lowest BCUT2D eigenvalue weighted by atomic mass is 10.2. The van der Waals surface area contributed by atoms with Gasteiger partial charge in [-0.1, -0.05) is 0 Å². The fourth-order valence-electron chi connectivity index (χ4n) is 2.38. The summed E-state index contributed by atoms with van der Waals surface area (Å²) in [6.45, 7) is 1.44. The molecule has 2 aromatic rings. The van der Waals surface area contributed by atoms with Gasteiger partial charge >= 0.3 is 5.69 Å². The lowest BCUT2D eigenvalue weighted by Gasteiger charge is -2.17. The maximum Gasteiger partial charge on any atom is 0.300 e. The van der Waals surface area contributed by atoms with Gasteiger partial charge in [-0.3, -0.25) is 10.1 Å². The minimum absolute atomic E-state index is 0.0950. The maximum atomic E-state index is 10.9. The van der Waals surface area contributed by atoms with Gasteiger partial charge in [0.15, 0.2) is 5.52 Å². The second-order valence-corrected chi connectivity index (χ2v) is 4.61. The number of nitro benzene ring substituents is 1. The molecule has 1 aromatic carbocycles. The Balaban J connectivity index is 2.01. The molecule has 2 heterocycles. The van der Waals surface area contributed by atoms with E-state index in [9.17, 15) is 10.1 Å². The molecule has 0 N–H and O–H groups in total. The Morgan fingerprint density at radius 1 is 1.50 bits per heavy atom. The number of hydrogen-bond acceptors (Lipinski definition) is 8. The van der Waals surface area contributed by atoms with Crippen LogP contribution in [0.5, 0.6) is 0 Å². The zero-order valence-electron chi connectivity index (χ0n) is 10.2. The molecule has 1 aromatic heterocycles. The fourth-order valence-corrected chi connectivity index (χ4v) is 2.53. The number of non-ortho nitro benzene ring substituents is 1. The minimum atomic E-state index is -0.500. The van der Waals surface area contributed by atoms with E-state index in [1.165, 1.54) is 6.07 Å². The maximum absolute atomic E-state index is 10.9. The Morgan fingerprint density at radius 3 is 3.05 bits per heavy atom. The van der Waals surface area contributed by atoms with Crippen molar-refractivity contribution in [3.8, 4) is 0 Å². The molecule has 0 bridgehead atoms. The number of isothiocyanates is 1. The van der Waals surface area contributed by atoms with Crippen LogP contribution in [0.4, 0.5) is 11.4 Å². The van der Waals surface area contributed by atoms with Crippen molar-refractivity contribution >= 4 is 39.8 Å². The number of aliphatic imine (C=N–C) groups is 1. The fraction of sp³-hybridized carbons (Fsp3) is 0.364. The third-order valence-corrected chi connectivity index (χ3v) is 3.41. The first kappa shape index (κ1) is 12.6. The van der Waals surface area contributed by atoms with Gasteiger partial charge in [-0.15, -0.1) is 0 Å². The van der Waals surface area contributed by atoms with Gasteiger partial charge in [-0.2, -0.15) is 0 Å². The zero-order chi connectivity index (χ0) is 14.1. The molecule has 1 saturated heterocycles. The number of thiocarbonyl (C=S) groups is 1. The van der Waals surface area contributed by atoms with Gasteiger partial charge < -0.3 is 4.90 Å². The molecule has 1 aliphatic rings. The van der Waals surface area contributed by atoms with E-state index in [-0.39, 0.29) is 17.2 Å². The minimum Gasteiger partial charge on any atom is -0.367 e. The average Bonchev–Trinajstić information content (AvgIpc) is 3.06. The first-order chi connectivity index (χ1) is 9.70. The lowest BCUT2D eigenvalue weighted by Crippen LogP contribution is -2.21. The quantitative estimate of drug-likeness (QED) is 0.368. The Morgan fingerprint density at radius 2 is 2.30 bits per heavy atom. The van der Waals surface area contributed by atoms with Crippen LogP contribution in [0.3, 0.4) is 0 Å². The predicted octanol–water partition coefficient (Wildman–Crippen LogP) is 1.81. The van der Waals surface area contributed by atoms with Crippen molar-refractivity contribution in [1.82, 2.24) is 10.3 Å². The number of anilines is 1. The molecule has 1 aliphatic heterocycles. The summed E-state index contributed by atoms with van der Waals surface area (Å²) >= 11 is 4.61. The van der Waals surface area contributed by atoms with E-state index >= 15 is 0 Å². The molecular formula is C11H9N5O3S. The van der Waals surface area contributed by atoms with Crippen molar-refractivity contribution in [2.24, 2.45) is 4.99 Å². The second kappa shape index (κ2) is 4.95. The SMILES string of the molecule is O=[N+]([O-])c1ccc(N2CC[C@H](N=C=S)C2)c2nonc12. The highest BCUT2D eigenvalue weighted by Gasteiger charge is 2.27. The molecule has 3 rings (SSSR count). The average molecular weight is 291 g/mol. The summed E-state index contributed by atoms with van der Waals surface area (Å²) in [6.07, 6.45) is 0.855. The molecule has 0 saturated carbocycles. The lowest BCUT2D eigenvalue weighted by molar-refractivity contribution is -0.383. The molecule has 20 heavy (non-hydrogen) atoms. The molecule has 0 spiro atoms. The largest absolute Gasteiger partial charge is 0.367 e. The van der Waals surface area contributed by atoms with Gasteiger partial charge in [0.05, 0.1) is 21.8 Å². The second-order valence-electron chi connectivity index (χ2n) is 4.43. The van der Waals surface area contributed by atoms with E-state index in [2.05, 4.69) is 37.3 Å². The summed E-state index contributed by atoms with van der Waals surface area (Å²) in [5.74, 6) is 0. The monoisotopic (exact) mass is 291 g/mol. The Bertz CT molecular complexity index is 724. The molecular weight excluding hydrogens is 282 g/mol. The molecule has 0 amide bonds. The van der Waals surface area contributed by atoms with Crippen LogP contribution in [0.2, 0.25) is 0 Å². The van der Waals surface area contributed by atoms with Gasteiger partial charge in [0.1, 0.15) is 0 Å². The van der Waals surface area contributed by atoms with Gasteiger partial charge in [0, 0.05) is 19.2 Å². The summed E-state index contributed by atoms with van der Waals surface area (Å²) in [4.78, 5) is 16.5. The molecule has 0 unspecified atom stereocenters. The third-order valence-electron chi connectivity index (χ3n) is 3.31. The highest BCUT2D eigenvalue weighted by molar-refractivity contribution is 7.78. The van der Waals surface area contributed by atoms with E-state index in [0.29, 0.717) is 12.1 Å². The standard InChI is InChI=1S/C11H9N5O3S/c17-16(18)9-2-1-8(10-11(9)14-19-13-10)15-4-3-7(5-15)12-6-20/h1-2,7H,3-5H2/t7-/m0/s1.